The van der Waals surface area contributed by atoms with Crippen molar-refractivity contribution in [2.24, 2.45) is 5.92 Å². The number of nitrogens with one attached hydrogen (secondary N) is 1. The zero-order valence-corrected chi connectivity index (χ0v) is 12.8. The van der Waals surface area contributed by atoms with Crippen molar-refractivity contribution in [1.29, 1.82) is 0 Å². The Bertz CT molecular complexity index is 598. The number of carbonyl (C=O) groups is 1. The largest absolute Gasteiger partial charge is 0.478 e. The summed E-state index contributed by atoms with van der Waals surface area (Å²) in [5.41, 5.74) is -0.0303. The third-order valence-electron chi connectivity index (χ3n) is 3.84. The van der Waals surface area contributed by atoms with Gasteiger partial charge in [0.05, 0.1) is 5.56 Å². The van der Waals surface area contributed by atoms with E-state index in [1.54, 1.807) is 0 Å². The number of rotatable bonds is 4. The summed E-state index contributed by atoms with van der Waals surface area (Å²) >= 11 is 0. The first-order valence-electron chi connectivity index (χ1n) is 7.10. The molecule has 2 N–H and O–H groups in total. The first kappa shape index (κ1) is 15.9. The number of aromatic nitrogens is 1. The number of pyridine rings is 1. The van der Waals surface area contributed by atoms with Gasteiger partial charge < -0.3 is 5.11 Å². The van der Waals surface area contributed by atoms with Crippen molar-refractivity contribution in [3.63, 3.8) is 0 Å². The SMILES string of the molecule is CC1CCCC(NS(=O)(=O)c2ccc(C(=O)O)cn2)CC1. The molecule has 2 unspecified atom stereocenters. The lowest BCUT2D eigenvalue weighted by atomic mass is 10.0. The van der Waals surface area contributed by atoms with E-state index >= 15 is 0 Å². The number of sulfonamides is 1. The molecule has 1 heterocycles. The topological polar surface area (TPSA) is 96.4 Å². The minimum atomic E-state index is -3.69. The molecule has 0 aliphatic heterocycles. The Kier molecular flexibility index (Phi) is 4.95. The van der Waals surface area contributed by atoms with Crippen LogP contribution in [-0.2, 0) is 10.0 Å². The van der Waals surface area contributed by atoms with Crippen LogP contribution in [0, 0.1) is 5.92 Å². The summed E-state index contributed by atoms with van der Waals surface area (Å²) in [7, 11) is -3.69. The van der Waals surface area contributed by atoms with E-state index in [0.717, 1.165) is 38.3 Å². The maximum atomic E-state index is 12.3. The number of aromatic carboxylic acids is 1. The van der Waals surface area contributed by atoms with Gasteiger partial charge in [-0.15, -0.1) is 0 Å². The summed E-state index contributed by atoms with van der Waals surface area (Å²) in [5, 5.41) is 8.66. The van der Waals surface area contributed by atoms with Gasteiger partial charge >= 0.3 is 5.97 Å². The fourth-order valence-corrected chi connectivity index (χ4v) is 3.78. The lowest BCUT2D eigenvalue weighted by Gasteiger charge is -2.16. The normalized spacial score (nSPS) is 23.5. The highest BCUT2D eigenvalue weighted by Crippen LogP contribution is 2.23. The molecule has 0 amide bonds. The Balaban J connectivity index is 2.08. The van der Waals surface area contributed by atoms with Crippen molar-refractivity contribution < 1.29 is 18.3 Å². The molecule has 1 aromatic heterocycles. The summed E-state index contributed by atoms with van der Waals surface area (Å²) in [4.78, 5) is 14.5. The van der Waals surface area contributed by atoms with E-state index in [9.17, 15) is 13.2 Å². The van der Waals surface area contributed by atoms with Gasteiger partial charge in [-0.2, -0.15) is 0 Å². The van der Waals surface area contributed by atoms with Gasteiger partial charge in [-0.05, 0) is 37.3 Å². The monoisotopic (exact) mass is 312 g/mol. The van der Waals surface area contributed by atoms with Crippen LogP contribution in [-0.4, -0.2) is 30.5 Å². The molecule has 1 aliphatic rings. The smallest absolute Gasteiger partial charge is 0.337 e. The fourth-order valence-electron chi connectivity index (χ4n) is 2.55. The lowest BCUT2D eigenvalue weighted by molar-refractivity contribution is 0.0696. The van der Waals surface area contributed by atoms with Crippen molar-refractivity contribution >= 4 is 16.0 Å². The van der Waals surface area contributed by atoms with Crippen LogP contribution < -0.4 is 4.72 Å². The van der Waals surface area contributed by atoms with Gasteiger partial charge in [0.15, 0.2) is 5.03 Å². The van der Waals surface area contributed by atoms with Crippen LogP contribution in [0.2, 0.25) is 0 Å². The molecule has 1 aliphatic carbocycles. The summed E-state index contributed by atoms with van der Waals surface area (Å²) in [5.74, 6) is -0.496. The minimum absolute atomic E-state index is 0.0303. The minimum Gasteiger partial charge on any atom is -0.478 e. The molecular weight excluding hydrogens is 292 g/mol. The summed E-state index contributed by atoms with van der Waals surface area (Å²) in [6.07, 6.45) is 5.87. The molecule has 2 rings (SSSR count). The summed E-state index contributed by atoms with van der Waals surface area (Å²) in [6, 6.07) is 2.41. The lowest BCUT2D eigenvalue weighted by Crippen LogP contribution is -2.34. The standard InChI is InChI=1S/C14H20N2O4S/c1-10-3-2-4-12(7-5-10)16-21(19,20)13-8-6-11(9-15-13)14(17)18/h6,8-10,12,16H,2-5,7H2,1H3,(H,17,18). The molecule has 1 fully saturated rings. The number of carboxylic acid groups (broad SMARTS) is 1. The summed E-state index contributed by atoms with van der Waals surface area (Å²) < 4.78 is 27.2. The second-order valence-corrected chi connectivity index (χ2v) is 7.28. The van der Waals surface area contributed by atoms with Gasteiger partial charge in [-0.1, -0.05) is 19.8 Å². The highest BCUT2D eigenvalue weighted by atomic mass is 32.2. The van der Waals surface area contributed by atoms with E-state index in [0.29, 0.717) is 5.92 Å². The van der Waals surface area contributed by atoms with Crippen molar-refractivity contribution in [2.75, 3.05) is 0 Å². The summed E-state index contributed by atoms with van der Waals surface area (Å²) in [6.45, 7) is 2.18. The van der Waals surface area contributed by atoms with E-state index in [4.69, 9.17) is 5.11 Å². The van der Waals surface area contributed by atoms with E-state index < -0.39 is 16.0 Å². The van der Waals surface area contributed by atoms with Gasteiger partial charge in [-0.3, -0.25) is 0 Å². The van der Waals surface area contributed by atoms with E-state index in [-0.39, 0.29) is 16.6 Å². The van der Waals surface area contributed by atoms with E-state index in [1.807, 2.05) is 0 Å². The first-order chi connectivity index (χ1) is 9.88. The molecule has 6 nitrogen and oxygen atoms in total. The van der Waals surface area contributed by atoms with E-state index in [2.05, 4.69) is 16.6 Å². The molecule has 2 atom stereocenters. The van der Waals surface area contributed by atoms with Crippen LogP contribution in [0.5, 0.6) is 0 Å². The Labute approximate surface area is 124 Å². The average molecular weight is 312 g/mol. The van der Waals surface area contributed by atoms with Crippen molar-refractivity contribution in [1.82, 2.24) is 9.71 Å². The predicted molar refractivity (Wildman–Crippen MR) is 77.6 cm³/mol. The molecule has 1 aromatic rings. The highest BCUT2D eigenvalue weighted by Gasteiger charge is 2.23. The van der Waals surface area contributed by atoms with Crippen LogP contribution in [0.15, 0.2) is 23.4 Å². The van der Waals surface area contributed by atoms with Gasteiger partial charge in [0.1, 0.15) is 0 Å². The molecule has 21 heavy (non-hydrogen) atoms. The van der Waals surface area contributed by atoms with E-state index in [1.165, 1.54) is 12.1 Å². The van der Waals surface area contributed by atoms with Crippen molar-refractivity contribution in [2.45, 2.75) is 50.1 Å². The van der Waals surface area contributed by atoms with Gasteiger partial charge in [0, 0.05) is 12.2 Å². The second-order valence-electron chi connectivity index (χ2n) is 5.62. The zero-order chi connectivity index (χ0) is 15.5. The van der Waals surface area contributed by atoms with Crippen LogP contribution >= 0.6 is 0 Å². The fraction of sp³-hybridized carbons (Fsp3) is 0.571. The second kappa shape index (κ2) is 6.53. The molecular formula is C14H20N2O4S. The Morgan fingerprint density at radius 1 is 1.29 bits per heavy atom. The molecule has 0 radical (unpaired) electrons. The third-order valence-corrected chi connectivity index (χ3v) is 5.27. The number of hydrogen-bond donors (Lipinski definition) is 2. The van der Waals surface area contributed by atoms with Crippen LogP contribution in [0.25, 0.3) is 0 Å². The molecule has 0 saturated heterocycles. The molecule has 1 saturated carbocycles. The van der Waals surface area contributed by atoms with Crippen LogP contribution in [0.3, 0.4) is 0 Å². The van der Waals surface area contributed by atoms with Crippen molar-refractivity contribution in [3.05, 3.63) is 23.9 Å². The quantitative estimate of drug-likeness (QED) is 0.829. The molecule has 0 bridgehead atoms. The Morgan fingerprint density at radius 2 is 2.05 bits per heavy atom. The Hall–Kier alpha value is -1.47. The van der Waals surface area contributed by atoms with Crippen molar-refractivity contribution in [3.8, 4) is 0 Å². The van der Waals surface area contributed by atoms with Gasteiger partial charge in [0.25, 0.3) is 10.0 Å². The van der Waals surface area contributed by atoms with Gasteiger partial charge in [-0.25, -0.2) is 22.9 Å². The number of carboxylic acids is 1. The predicted octanol–water partition coefficient (Wildman–Crippen LogP) is 2.03. The molecule has 0 aromatic carbocycles. The highest BCUT2D eigenvalue weighted by molar-refractivity contribution is 7.89. The molecule has 116 valence electrons. The zero-order valence-electron chi connectivity index (χ0n) is 11.9. The molecule has 7 heteroatoms. The third kappa shape index (κ3) is 4.25. The number of nitrogens with zero attached hydrogens (tertiary/aromatic N) is 1. The maximum Gasteiger partial charge on any atom is 0.337 e. The average Bonchev–Trinajstić information content (AvgIpc) is 2.63. The maximum absolute atomic E-state index is 12.3. The first-order valence-corrected chi connectivity index (χ1v) is 8.58. The van der Waals surface area contributed by atoms with Crippen LogP contribution in [0.4, 0.5) is 0 Å². The van der Waals surface area contributed by atoms with Crippen LogP contribution in [0.1, 0.15) is 49.4 Å². The van der Waals surface area contributed by atoms with Gasteiger partial charge in [0.2, 0.25) is 0 Å². The number of hydrogen-bond acceptors (Lipinski definition) is 4. The molecule has 0 spiro atoms. The Morgan fingerprint density at radius 3 is 2.67 bits per heavy atom.